The van der Waals surface area contributed by atoms with Crippen LogP contribution in [0.1, 0.15) is 39.6 Å². The Bertz CT molecular complexity index is 688. The molecule has 0 fully saturated rings. The Morgan fingerprint density at radius 1 is 1.13 bits per heavy atom. The van der Waals surface area contributed by atoms with E-state index in [4.69, 9.17) is 4.98 Å². The smallest absolute Gasteiger partial charge is 0.225 e. The van der Waals surface area contributed by atoms with Crippen molar-refractivity contribution in [2.75, 3.05) is 6.54 Å². The van der Waals surface area contributed by atoms with E-state index in [1.165, 1.54) is 0 Å². The number of amides is 1. The third-order valence-electron chi connectivity index (χ3n) is 4.47. The molecule has 0 unspecified atom stereocenters. The fraction of sp³-hybridized carbons (Fsp3) is 0.474. The maximum Gasteiger partial charge on any atom is 0.225 e. The number of imidazole rings is 1. The number of hydrogen-bond donors (Lipinski definition) is 0. The lowest BCUT2D eigenvalue weighted by Crippen LogP contribution is -2.45. The molecule has 0 saturated heterocycles. The summed E-state index contributed by atoms with van der Waals surface area (Å²) in [6.45, 7) is 9.84. The monoisotopic (exact) mass is 311 g/mol. The van der Waals surface area contributed by atoms with Crippen LogP contribution < -0.4 is 0 Å². The number of fused-ring (bicyclic) bond motifs is 1. The molecule has 0 bridgehead atoms. The normalized spacial score (nSPS) is 17.7. The Morgan fingerprint density at radius 3 is 2.43 bits per heavy atom. The van der Waals surface area contributed by atoms with E-state index < -0.39 is 0 Å². The summed E-state index contributed by atoms with van der Waals surface area (Å²) in [5.41, 5.74) is 2.11. The Kier molecular flexibility index (Phi) is 4.24. The van der Waals surface area contributed by atoms with Gasteiger partial charge in [0.15, 0.2) is 0 Å². The molecule has 122 valence electrons. The van der Waals surface area contributed by atoms with Gasteiger partial charge in [0, 0.05) is 30.8 Å². The first-order chi connectivity index (χ1) is 11.0. The number of nitrogens with zero attached hydrogens (tertiary/aromatic N) is 3. The minimum atomic E-state index is 0.0198. The van der Waals surface area contributed by atoms with E-state index in [1.807, 2.05) is 36.9 Å². The predicted molar refractivity (Wildman–Crippen MR) is 91.8 cm³/mol. The van der Waals surface area contributed by atoms with Crippen LogP contribution in [0.15, 0.2) is 36.5 Å². The average molecular weight is 311 g/mol. The number of carbonyl (C=O) groups is 1. The first kappa shape index (κ1) is 15.8. The number of rotatable bonds is 3. The van der Waals surface area contributed by atoms with Crippen molar-refractivity contribution in [2.45, 2.75) is 40.3 Å². The topological polar surface area (TPSA) is 38.1 Å². The van der Waals surface area contributed by atoms with Gasteiger partial charge in [0.25, 0.3) is 0 Å². The molecule has 0 spiro atoms. The van der Waals surface area contributed by atoms with Gasteiger partial charge in [0.05, 0.1) is 11.7 Å². The molecular formula is C19H25N3O. The molecule has 2 heterocycles. The summed E-state index contributed by atoms with van der Waals surface area (Å²) in [5, 5.41) is 0. The summed E-state index contributed by atoms with van der Waals surface area (Å²) in [7, 11) is 0. The lowest BCUT2D eigenvalue weighted by atomic mass is 9.98. The quantitative estimate of drug-likeness (QED) is 0.866. The van der Waals surface area contributed by atoms with Crippen molar-refractivity contribution >= 4 is 5.91 Å². The maximum absolute atomic E-state index is 12.6. The van der Waals surface area contributed by atoms with Gasteiger partial charge in [-0.15, -0.1) is 0 Å². The van der Waals surface area contributed by atoms with Crippen molar-refractivity contribution in [2.24, 2.45) is 11.8 Å². The molecule has 1 amide bonds. The van der Waals surface area contributed by atoms with E-state index in [0.717, 1.165) is 30.2 Å². The SMILES string of the molecule is CC(C)C(=O)N1CCn2cc(-c3ccccc3)nc2[C@@H]1C(C)C. The summed E-state index contributed by atoms with van der Waals surface area (Å²) in [4.78, 5) is 19.5. The second-order valence-electron chi connectivity index (χ2n) is 6.92. The highest BCUT2D eigenvalue weighted by Crippen LogP contribution is 2.34. The van der Waals surface area contributed by atoms with Gasteiger partial charge in [-0.2, -0.15) is 0 Å². The molecule has 0 radical (unpaired) electrons. The minimum Gasteiger partial charge on any atom is -0.331 e. The second-order valence-corrected chi connectivity index (χ2v) is 6.92. The summed E-state index contributed by atoms with van der Waals surface area (Å²) < 4.78 is 2.22. The largest absolute Gasteiger partial charge is 0.331 e. The second kappa shape index (κ2) is 6.19. The van der Waals surface area contributed by atoms with Crippen LogP contribution in [-0.2, 0) is 11.3 Å². The van der Waals surface area contributed by atoms with E-state index in [-0.39, 0.29) is 17.9 Å². The van der Waals surface area contributed by atoms with Crippen molar-refractivity contribution in [1.82, 2.24) is 14.5 Å². The predicted octanol–water partition coefficient (Wildman–Crippen LogP) is 3.75. The highest BCUT2D eigenvalue weighted by Gasteiger charge is 2.35. The molecule has 4 heteroatoms. The number of hydrogen-bond acceptors (Lipinski definition) is 2. The first-order valence-electron chi connectivity index (χ1n) is 8.42. The molecule has 1 aliphatic heterocycles. The van der Waals surface area contributed by atoms with Gasteiger partial charge >= 0.3 is 0 Å². The lowest BCUT2D eigenvalue weighted by Gasteiger charge is -2.39. The van der Waals surface area contributed by atoms with Gasteiger partial charge in [-0.05, 0) is 5.92 Å². The van der Waals surface area contributed by atoms with Crippen LogP contribution in [0.2, 0.25) is 0 Å². The van der Waals surface area contributed by atoms with Crippen molar-refractivity contribution < 1.29 is 4.79 Å². The van der Waals surface area contributed by atoms with Gasteiger partial charge < -0.3 is 9.47 Å². The Balaban J connectivity index is 2.00. The van der Waals surface area contributed by atoms with Crippen LogP contribution in [0.5, 0.6) is 0 Å². The highest BCUT2D eigenvalue weighted by atomic mass is 16.2. The van der Waals surface area contributed by atoms with Crippen LogP contribution in [0.25, 0.3) is 11.3 Å². The third-order valence-corrected chi connectivity index (χ3v) is 4.47. The van der Waals surface area contributed by atoms with Crippen LogP contribution in [-0.4, -0.2) is 26.9 Å². The average Bonchev–Trinajstić information content (AvgIpc) is 2.97. The van der Waals surface area contributed by atoms with Crippen molar-refractivity contribution in [3.8, 4) is 11.3 Å². The van der Waals surface area contributed by atoms with Crippen molar-refractivity contribution in [3.05, 3.63) is 42.4 Å². The molecule has 23 heavy (non-hydrogen) atoms. The third kappa shape index (κ3) is 2.90. The molecule has 1 aromatic heterocycles. The molecule has 0 saturated carbocycles. The minimum absolute atomic E-state index is 0.0198. The zero-order chi connectivity index (χ0) is 16.6. The highest BCUT2D eigenvalue weighted by molar-refractivity contribution is 5.78. The summed E-state index contributed by atoms with van der Waals surface area (Å²) in [6, 6.07) is 10.3. The number of carbonyl (C=O) groups excluding carboxylic acids is 1. The molecule has 2 aromatic rings. The number of benzene rings is 1. The van der Waals surface area contributed by atoms with E-state index in [9.17, 15) is 4.79 Å². The molecule has 1 aromatic carbocycles. The zero-order valence-corrected chi connectivity index (χ0v) is 14.4. The van der Waals surface area contributed by atoms with E-state index in [1.54, 1.807) is 0 Å². The molecule has 4 nitrogen and oxygen atoms in total. The molecule has 0 aliphatic carbocycles. The van der Waals surface area contributed by atoms with Crippen molar-refractivity contribution in [1.29, 1.82) is 0 Å². The van der Waals surface area contributed by atoms with Crippen LogP contribution in [0.4, 0.5) is 0 Å². The van der Waals surface area contributed by atoms with Gasteiger partial charge in [-0.25, -0.2) is 4.98 Å². The lowest BCUT2D eigenvalue weighted by molar-refractivity contribution is -0.139. The Hall–Kier alpha value is -2.10. The Morgan fingerprint density at radius 2 is 1.83 bits per heavy atom. The number of aromatic nitrogens is 2. The molecular weight excluding hydrogens is 286 g/mol. The summed E-state index contributed by atoms with van der Waals surface area (Å²) in [5.74, 6) is 1.59. The molecule has 1 atom stereocenters. The first-order valence-corrected chi connectivity index (χ1v) is 8.42. The van der Waals surface area contributed by atoms with E-state index in [0.29, 0.717) is 5.92 Å². The van der Waals surface area contributed by atoms with Gasteiger partial charge in [-0.3, -0.25) is 4.79 Å². The Labute approximate surface area is 138 Å². The van der Waals surface area contributed by atoms with E-state index >= 15 is 0 Å². The van der Waals surface area contributed by atoms with Crippen molar-refractivity contribution in [3.63, 3.8) is 0 Å². The zero-order valence-electron chi connectivity index (χ0n) is 14.4. The summed E-state index contributed by atoms with van der Waals surface area (Å²) >= 11 is 0. The standard InChI is InChI=1S/C19H25N3O/c1-13(2)17-18-20-16(15-8-6-5-7-9-15)12-21(18)10-11-22(17)19(23)14(3)4/h5-9,12-14,17H,10-11H2,1-4H3/t17-/m0/s1. The van der Waals surface area contributed by atoms with Gasteiger partial charge in [-0.1, -0.05) is 58.0 Å². The van der Waals surface area contributed by atoms with Crippen LogP contribution in [0, 0.1) is 11.8 Å². The summed E-state index contributed by atoms with van der Waals surface area (Å²) in [6.07, 6.45) is 2.12. The molecule has 3 rings (SSSR count). The fourth-order valence-electron chi connectivity index (χ4n) is 3.32. The van der Waals surface area contributed by atoms with Gasteiger partial charge in [0.1, 0.15) is 5.82 Å². The van der Waals surface area contributed by atoms with Gasteiger partial charge in [0.2, 0.25) is 5.91 Å². The van der Waals surface area contributed by atoms with Crippen LogP contribution >= 0.6 is 0 Å². The maximum atomic E-state index is 12.6. The molecule has 1 aliphatic rings. The molecule has 0 N–H and O–H groups in total. The fourth-order valence-corrected chi connectivity index (χ4v) is 3.32. The van der Waals surface area contributed by atoms with Crippen LogP contribution in [0.3, 0.4) is 0 Å². The van der Waals surface area contributed by atoms with E-state index in [2.05, 4.69) is 36.7 Å².